The Balaban J connectivity index is 1.55. The minimum Gasteiger partial charge on any atom is -0.497 e. The summed E-state index contributed by atoms with van der Waals surface area (Å²) >= 11 is 0. The maximum absolute atomic E-state index is 12.6. The van der Waals surface area contributed by atoms with Gasteiger partial charge in [0.2, 0.25) is 0 Å². The molecule has 0 saturated heterocycles. The number of nitrogens with zero attached hydrogens (tertiary/aromatic N) is 1. The van der Waals surface area contributed by atoms with Crippen molar-refractivity contribution in [3.05, 3.63) is 53.7 Å². The van der Waals surface area contributed by atoms with Crippen LogP contribution in [-0.4, -0.2) is 31.4 Å². The molecular formula is C21H20N2O5. The van der Waals surface area contributed by atoms with Gasteiger partial charge in [-0.15, -0.1) is 0 Å². The highest BCUT2D eigenvalue weighted by Crippen LogP contribution is 2.33. The van der Waals surface area contributed by atoms with Crippen LogP contribution in [0, 0.1) is 0 Å². The van der Waals surface area contributed by atoms with Crippen LogP contribution < -0.4 is 19.5 Å². The fourth-order valence-corrected chi connectivity index (χ4v) is 3.19. The third-order valence-corrected chi connectivity index (χ3v) is 4.58. The predicted molar refractivity (Wildman–Crippen MR) is 103 cm³/mol. The standard InChI is InChI=1S/C21H20N2O5/c1-12-8-14-9-13(4-6-18(14)27-12)20-11-17(23-28-20)21(24)22-16-10-15(25-2)5-7-19(16)26-3/h4-7,9-12H,8H2,1-3H3,(H,22,24). The third-order valence-electron chi connectivity index (χ3n) is 4.58. The molecule has 0 spiro atoms. The lowest BCUT2D eigenvalue weighted by Crippen LogP contribution is -2.13. The Bertz CT molecular complexity index is 1030. The number of anilines is 1. The number of amides is 1. The number of rotatable bonds is 5. The second-order valence-electron chi connectivity index (χ2n) is 6.55. The number of methoxy groups -OCH3 is 2. The van der Waals surface area contributed by atoms with E-state index in [0.29, 0.717) is 22.9 Å². The van der Waals surface area contributed by atoms with Crippen LogP contribution in [0.4, 0.5) is 5.69 Å². The first-order chi connectivity index (χ1) is 13.6. The number of nitrogens with one attached hydrogen (secondary N) is 1. The molecule has 3 aromatic rings. The van der Waals surface area contributed by atoms with Crippen molar-refractivity contribution in [2.75, 3.05) is 19.5 Å². The summed E-state index contributed by atoms with van der Waals surface area (Å²) in [4.78, 5) is 12.6. The Hall–Kier alpha value is -3.48. The zero-order valence-electron chi connectivity index (χ0n) is 15.8. The third kappa shape index (κ3) is 3.38. The SMILES string of the molecule is COc1ccc(OC)c(NC(=O)c2cc(-c3ccc4c(c3)CC(C)O4)on2)c1. The van der Waals surface area contributed by atoms with E-state index in [4.69, 9.17) is 18.7 Å². The normalized spacial score (nSPS) is 14.9. The summed E-state index contributed by atoms with van der Waals surface area (Å²) < 4.78 is 21.6. The molecule has 0 saturated carbocycles. The lowest BCUT2D eigenvalue weighted by Gasteiger charge is -2.10. The van der Waals surface area contributed by atoms with Gasteiger partial charge in [-0.2, -0.15) is 0 Å². The molecule has 0 aliphatic carbocycles. The van der Waals surface area contributed by atoms with Crippen LogP contribution in [0.1, 0.15) is 23.0 Å². The Labute approximate surface area is 162 Å². The van der Waals surface area contributed by atoms with Crippen LogP contribution in [0.25, 0.3) is 11.3 Å². The molecule has 144 valence electrons. The van der Waals surface area contributed by atoms with Crippen LogP contribution in [-0.2, 0) is 6.42 Å². The van der Waals surface area contributed by atoms with E-state index in [0.717, 1.165) is 23.3 Å². The van der Waals surface area contributed by atoms with Gasteiger partial charge < -0.3 is 24.1 Å². The molecule has 1 aliphatic rings. The van der Waals surface area contributed by atoms with Gasteiger partial charge in [-0.3, -0.25) is 4.79 Å². The first kappa shape index (κ1) is 17.9. The maximum atomic E-state index is 12.6. The fourth-order valence-electron chi connectivity index (χ4n) is 3.19. The highest BCUT2D eigenvalue weighted by Gasteiger charge is 2.21. The number of ether oxygens (including phenoxy) is 3. The van der Waals surface area contributed by atoms with Crippen LogP contribution >= 0.6 is 0 Å². The van der Waals surface area contributed by atoms with E-state index < -0.39 is 5.91 Å². The summed E-state index contributed by atoms with van der Waals surface area (Å²) in [6, 6.07) is 12.6. The molecule has 0 bridgehead atoms. The average molecular weight is 380 g/mol. The lowest BCUT2D eigenvalue weighted by molar-refractivity contribution is 0.101. The monoisotopic (exact) mass is 380 g/mol. The predicted octanol–water partition coefficient (Wildman–Crippen LogP) is 3.93. The van der Waals surface area contributed by atoms with E-state index in [1.807, 2.05) is 25.1 Å². The van der Waals surface area contributed by atoms with Crippen molar-refractivity contribution in [1.29, 1.82) is 0 Å². The average Bonchev–Trinajstić information content (AvgIpc) is 3.33. The molecule has 7 nitrogen and oxygen atoms in total. The van der Waals surface area contributed by atoms with Gasteiger partial charge >= 0.3 is 0 Å². The van der Waals surface area contributed by atoms with E-state index in [-0.39, 0.29) is 11.8 Å². The molecule has 2 heterocycles. The smallest absolute Gasteiger partial charge is 0.277 e. The number of benzene rings is 2. The quantitative estimate of drug-likeness (QED) is 0.722. The summed E-state index contributed by atoms with van der Waals surface area (Å²) in [6.45, 7) is 2.03. The second kappa shape index (κ2) is 7.26. The zero-order valence-corrected chi connectivity index (χ0v) is 15.8. The molecule has 7 heteroatoms. The molecule has 1 aromatic heterocycles. The van der Waals surface area contributed by atoms with Crippen LogP contribution in [0.15, 0.2) is 47.0 Å². The molecule has 0 fully saturated rings. The maximum Gasteiger partial charge on any atom is 0.277 e. The number of carbonyl (C=O) groups is 1. The van der Waals surface area contributed by atoms with Crippen LogP contribution in [0.5, 0.6) is 17.2 Å². The van der Waals surface area contributed by atoms with Gasteiger partial charge in [0.25, 0.3) is 5.91 Å². The highest BCUT2D eigenvalue weighted by molar-refractivity contribution is 6.04. The Kier molecular flexibility index (Phi) is 4.65. The van der Waals surface area contributed by atoms with E-state index >= 15 is 0 Å². The molecule has 1 atom stereocenters. The van der Waals surface area contributed by atoms with E-state index in [2.05, 4.69) is 10.5 Å². The van der Waals surface area contributed by atoms with Gasteiger partial charge in [0, 0.05) is 24.1 Å². The van der Waals surface area contributed by atoms with Crippen molar-refractivity contribution >= 4 is 11.6 Å². The fraction of sp³-hybridized carbons (Fsp3) is 0.238. The van der Waals surface area contributed by atoms with Crippen LogP contribution in [0.3, 0.4) is 0 Å². The van der Waals surface area contributed by atoms with E-state index in [1.54, 1.807) is 31.4 Å². The van der Waals surface area contributed by atoms with Gasteiger partial charge in [-0.25, -0.2) is 0 Å². The Morgan fingerprint density at radius 1 is 1.14 bits per heavy atom. The summed E-state index contributed by atoms with van der Waals surface area (Å²) in [5.41, 5.74) is 2.63. The Morgan fingerprint density at radius 2 is 2.00 bits per heavy atom. The zero-order chi connectivity index (χ0) is 19.7. The molecule has 0 radical (unpaired) electrons. The number of hydrogen-bond donors (Lipinski definition) is 1. The van der Waals surface area contributed by atoms with Crippen molar-refractivity contribution in [3.63, 3.8) is 0 Å². The molecule has 1 N–H and O–H groups in total. The van der Waals surface area contributed by atoms with Gasteiger partial charge in [0.15, 0.2) is 11.5 Å². The molecule has 1 amide bonds. The minimum absolute atomic E-state index is 0.166. The highest BCUT2D eigenvalue weighted by atomic mass is 16.5. The molecule has 4 rings (SSSR count). The van der Waals surface area contributed by atoms with E-state index in [9.17, 15) is 4.79 Å². The number of fused-ring (bicyclic) bond motifs is 1. The first-order valence-corrected chi connectivity index (χ1v) is 8.87. The number of hydrogen-bond acceptors (Lipinski definition) is 6. The topological polar surface area (TPSA) is 82.8 Å². The largest absolute Gasteiger partial charge is 0.497 e. The number of aromatic nitrogens is 1. The van der Waals surface area contributed by atoms with Crippen LogP contribution in [0.2, 0.25) is 0 Å². The van der Waals surface area contributed by atoms with E-state index in [1.165, 1.54) is 7.11 Å². The molecule has 1 aliphatic heterocycles. The van der Waals surface area contributed by atoms with Gasteiger partial charge in [0.05, 0.1) is 19.9 Å². The van der Waals surface area contributed by atoms with Crippen molar-refractivity contribution < 1.29 is 23.5 Å². The van der Waals surface area contributed by atoms with Crippen molar-refractivity contribution in [3.8, 4) is 28.6 Å². The minimum atomic E-state index is -0.403. The lowest BCUT2D eigenvalue weighted by atomic mass is 10.1. The molecular weight excluding hydrogens is 360 g/mol. The van der Waals surface area contributed by atoms with Gasteiger partial charge in [-0.05, 0) is 42.8 Å². The van der Waals surface area contributed by atoms with Crippen molar-refractivity contribution in [1.82, 2.24) is 5.16 Å². The summed E-state index contributed by atoms with van der Waals surface area (Å²) in [5.74, 6) is 2.13. The summed E-state index contributed by atoms with van der Waals surface area (Å²) in [6.07, 6.45) is 1.01. The van der Waals surface area contributed by atoms with Crippen molar-refractivity contribution in [2.45, 2.75) is 19.4 Å². The number of carbonyl (C=O) groups excluding carboxylic acids is 1. The van der Waals surface area contributed by atoms with Crippen molar-refractivity contribution in [2.24, 2.45) is 0 Å². The summed E-state index contributed by atoms with van der Waals surface area (Å²) in [5, 5.41) is 6.68. The molecule has 2 aromatic carbocycles. The first-order valence-electron chi connectivity index (χ1n) is 8.87. The van der Waals surface area contributed by atoms with Gasteiger partial charge in [-0.1, -0.05) is 5.16 Å². The molecule has 28 heavy (non-hydrogen) atoms. The molecule has 1 unspecified atom stereocenters. The Morgan fingerprint density at radius 3 is 2.79 bits per heavy atom. The second-order valence-corrected chi connectivity index (χ2v) is 6.55. The summed E-state index contributed by atoms with van der Waals surface area (Å²) in [7, 11) is 3.09. The van der Waals surface area contributed by atoms with Gasteiger partial charge in [0.1, 0.15) is 23.4 Å².